The number of nitrogens with zero attached hydrogens (tertiary/aromatic N) is 1. The highest BCUT2D eigenvalue weighted by Gasteiger charge is 2.35. The maximum absolute atomic E-state index is 11.8. The highest BCUT2D eigenvalue weighted by atomic mass is 16.5. The van der Waals surface area contributed by atoms with E-state index >= 15 is 0 Å². The van der Waals surface area contributed by atoms with Crippen molar-refractivity contribution in [1.82, 2.24) is 10.2 Å². The van der Waals surface area contributed by atoms with E-state index in [9.17, 15) is 4.79 Å². The fourth-order valence-corrected chi connectivity index (χ4v) is 2.55. The first-order valence-corrected chi connectivity index (χ1v) is 7.02. The molecule has 1 fully saturated rings. The summed E-state index contributed by atoms with van der Waals surface area (Å²) in [7, 11) is 5.31. The van der Waals surface area contributed by atoms with Crippen molar-refractivity contribution in [3.05, 3.63) is 0 Å². The molecule has 1 saturated heterocycles. The van der Waals surface area contributed by atoms with Gasteiger partial charge in [0.2, 0.25) is 0 Å². The molecule has 19 heavy (non-hydrogen) atoms. The maximum atomic E-state index is 11.8. The van der Waals surface area contributed by atoms with E-state index in [1.165, 1.54) is 7.11 Å². The van der Waals surface area contributed by atoms with Crippen molar-refractivity contribution in [2.45, 2.75) is 50.8 Å². The third kappa shape index (κ3) is 4.44. The summed E-state index contributed by atoms with van der Waals surface area (Å²) in [5.41, 5.74) is -0.640. The Morgan fingerprint density at radius 1 is 1.63 bits per heavy atom. The van der Waals surface area contributed by atoms with Crippen LogP contribution in [0.15, 0.2) is 0 Å². The lowest BCUT2D eigenvalue weighted by Crippen LogP contribution is -2.52. The fourth-order valence-electron chi connectivity index (χ4n) is 2.55. The summed E-state index contributed by atoms with van der Waals surface area (Å²) < 4.78 is 10.5. The van der Waals surface area contributed by atoms with E-state index in [4.69, 9.17) is 9.47 Å². The first-order chi connectivity index (χ1) is 8.92. The van der Waals surface area contributed by atoms with Gasteiger partial charge in [-0.15, -0.1) is 0 Å². The van der Waals surface area contributed by atoms with E-state index in [1.54, 1.807) is 7.05 Å². The van der Waals surface area contributed by atoms with Gasteiger partial charge in [-0.05, 0) is 47.2 Å². The largest absolute Gasteiger partial charge is 0.468 e. The molecule has 0 spiro atoms. The van der Waals surface area contributed by atoms with Crippen LogP contribution < -0.4 is 5.32 Å². The lowest BCUT2D eigenvalue weighted by Gasteiger charge is -2.34. The number of rotatable bonds is 7. The molecule has 3 unspecified atom stereocenters. The number of nitrogens with one attached hydrogen (secondary N) is 1. The summed E-state index contributed by atoms with van der Waals surface area (Å²) in [5, 5.41) is 3.08. The molecule has 0 aromatic heterocycles. The fraction of sp³-hybridized carbons (Fsp3) is 0.929. The van der Waals surface area contributed by atoms with Crippen molar-refractivity contribution in [2.24, 2.45) is 0 Å². The number of carbonyl (C=O) groups is 1. The van der Waals surface area contributed by atoms with E-state index in [0.717, 1.165) is 26.0 Å². The van der Waals surface area contributed by atoms with Crippen LogP contribution in [-0.2, 0) is 14.3 Å². The number of likely N-dealkylation sites (N-methyl/N-ethyl adjacent to an activating group) is 2. The quantitative estimate of drug-likeness (QED) is 0.702. The van der Waals surface area contributed by atoms with Gasteiger partial charge in [-0.3, -0.25) is 4.79 Å². The number of methoxy groups -OCH3 is 1. The predicted molar refractivity (Wildman–Crippen MR) is 75.2 cm³/mol. The lowest BCUT2D eigenvalue weighted by atomic mass is 9.93. The molecule has 1 N–H and O–H groups in total. The molecule has 0 radical (unpaired) electrons. The second-order valence-electron chi connectivity index (χ2n) is 5.70. The minimum atomic E-state index is -0.640. The Labute approximate surface area is 116 Å². The first-order valence-electron chi connectivity index (χ1n) is 7.02. The third-order valence-electron chi connectivity index (χ3n) is 4.16. The van der Waals surface area contributed by atoms with Crippen LogP contribution in [0.5, 0.6) is 0 Å². The number of ether oxygens (including phenoxy) is 2. The number of esters is 1. The molecule has 0 aliphatic carbocycles. The minimum absolute atomic E-state index is 0.215. The van der Waals surface area contributed by atoms with E-state index in [1.807, 2.05) is 6.92 Å². The van der Waals surface area contributed by atoms with Crippen molar-refractivity contribution in [3.63, 3.8) is 0 Å². The normalized spacial score (nSPS) is 24.2. The Morgan fingerprint density at radius 3 is 2.79 bits per heavy atom. The maximum Gasteiger partial charge on any atom is 0.325 e. The summed E-state index contributed by atoms with van der Waals surface area (Å²) in [6.07, 6.45) is 3.34. The van der Waals surface area contributed by atoms with Gasteiger partial charge in [0, 0.05) is 19.2 Å². The Morgan fingerprint density at radius 2 is 2.32 bits per heavy atom. The van der Waals surface area contributed by atoms with Crippen LogP contribution in [-0.4, -0.2) is 62.9 Å². The van der Waals surface area contributed by atoms with Gasteiger partial charge in [0.1, 0.15) is 5.54 Å². The van der Waals surface area contributed by atoms with Crippen LogP contribution in [0.4, 0.5) is 0 Å². The number of carbonyl (C=O) groups excluding carboxylic acids is 1. The molecule has 0 amide bonds. The smallest absolute Gasteiger partial charge is 0.325 e. The molecule has 5 nitrogen and oxygen atoms in total. The molecule has 1 aliphatic heterocycles. The number of hydrogen-bond donors (Lipinski definition) is 1. The summed E-state index contributed by atoms with van der Waals surface area (Å²) in [5.74, 6) is -0.215. The molecule has 0 aromatic rings. The summed E-state index contributed by atoms with van der Waals surface area (Å²) in [4.78, 5) is 14.1. The van der Waals surface area contributed by atoms with Gasteiger partial charge in [-0.2, -0.15) is 0 Å². The molecule has 1 heterocycles. The van der Waals surface area contributed by atoms with Crippen molar-refractivity contribution in [1.29, 1.82) is 0 Å². The zero-order chi connectivity index (χ0) is 14.5. The van der Waals surface area contributed by atoms with Crippen molar-refractivity contribution in [2.75, 3.05) is 34.4 Å². The Bertz CT molecular complexity index is 292. The summed E-state index contributed by atoms with van der Waals surface area (Å²) >= 11 is 0. The molecule has 0 aromatic carbocycles. The molecule has 0 saturated carbocycles. The summed E-state index contributed by atoms with van der Waals surface area (Å²) in [6.45, 7) is 5.81. The zero-order valence-electron chi connectivity index (χ0n) is 12.9. The van der Waals surface area contributed by atoms with Gasteiger partial charge in [0.05, 0.1) is 13.2 Å². The molecule has 1 rings (SSSR count). The highest BCUT2D eigenvalue weighted by Crippen LogP contribution is 2.19. The Kier molecular flexibility index (Phi) is 6.23. The average molecular weight is 272 g/mol. The topological polar surface area (TPSA) is 50.8 Å². The van der Waals surface area contributed by atoms with Crippen LogP contribution in [0.3, 0.4) is 0 Å². The average Bonchev–Trinajstić information content (AvgIpc) is 2.90. The van der Waals surface area contributed by atoms with E-state index in [0.29, 0.717) is 12.5 Å². The van der Waals surface area contributed by atoms with E-state index < -0.39 is 5.54 Å². The second kappa shape index (κ2) is 7.22. The SMILES string of the molecule is CNC(C)(CC(C)N(C)CC1CCCO1)C(=O)OC. The van der Waals surface area contributed by atoms with Crippen molar-refractivity contribution < 1.29 is 14.3 Å². The Balaban J connectivity index is 2.50. The monoisotopic (exact) mass is 272 g/mol. The van der Waals surface area contributed by atoms with Crippen LogP contribution in [0.1, 0.15) is 33.1 Å². The van der Waals surface area contributed by atoms with E-state index in [2.05, 4.69) is 24.2 Å². The molecule has 5 heteroatoms. The van der Waals surface area contributed by atoms with E-state index in [-0.39, 0.29) is 12.0 Å². The third-order valence-corrected chi connectivity index (χ3v) is 4.16. The highest BCUT2D eigenvalue weighted by molar-refractivity contribution is 5.80. The molecule has 3 atom stereocenters. The van der Waals surface area contributed by atoms with Gasteiger partial charge in [0.15, 0.2) is 0 Å². The van der Waals surface area contributed by atoms with Crippen molar-refractivity contribution >= 4 is 5.97 Å². The molecular weight excluding hydrogens is 244 g/mol. The summed E-state index contributed by atoms with van der Waals surface area (Å²) in [6, 6.07) is 0.278. The minimum Gasteiger partial charge on any atom is -0.468 e. The number of hydrogen-bond acceptors (Lipinski definition) is 5. The van der Waals surface area contributed by atoms with Gasteiger partial charge in [-0.1, -0.05) is 0 Å². The van der Waals surface area contributed by atoms with Crippen LogP contribution in [0, 0.1) is 0 Å². The lowest BCUT2D eigenvalue weighted by molar-refractivity contribution is -0.148. The zero-order valence-corrected chi connectivity index (χ0v) is 12.9. The molecular formula is C14H28N2O3. The van der Waals surface area contributed by atoms with Crippen LogP contribution in [0.2, 0.25) is 0 Å². The second-order valence-corrected chi connectivity index (χ2v) is 5.70. The van der Waals surface area contributed by atoms with Gasteiger partial charge in [-0.25, -0.2) is 0 Å². The van der Waals surface area contributed by atoms with Crippen LogP contribution in [0.25, 0.3) is 0 Å². The van der Waals surface area contributed by atoms with Gasteiger partial charge < -0.3 is 19.7 Å². The molecule has 1 aliphatic rings. The van der Waals surface area contributed by atoms with Gasteiger partial charge >= 0.3 is 5.97 Å². The Hall–Kier alpha value is -0.650. The van der Waals surface area contributed by atoms with Crippen LogP contribution >= 0.6 is 0 Å². The standard InChI is InChI=1S/C14H28N2O3/c1-11(9-14(2,15-3)13(17)18-5)16(4)10-12-7-6-8-19-12/h11-12,15H,6-10H2,1-5H3. The molecule has 112 valence electrons. The first kappa shape index (κ1) is 16.4. The van der Waals surface area contributed by atoms with Gasteiger partial charge in [0.25, 0.3) is 0 Å². The molecule has 0 bridgehead atoms. The van der Waals surface area contributed by atoms with Crippen molar-refractivity contribution in [3.8, 4) is 0 Å². The predicted octanol–water partition coefficient (Wildman–Crippen LogP) is 1.03.